The minimum Gasteiger partial charge on any atom is -0.494 e. The Morgan fingerprint density at radius 2 is 2.11 bits per heavy atom. The fraction of sp³-hybridized carbons (Fsp3) is 0.500. The van der Waals surface area contributed by atoms with Crippen LogP contribution in [-0.2, 0) is 11.2 Å². The second-order valence-electron chi connectivity index (χ2n) is 5.07. The summed E-state index contributed by atoms with van der Waals surface area (Å²) in [6, 6.07) is 4.44. The van der Waals surface area contributed by atoms with Gasteiger partial charge in [0, 0.05) is 7.05 Å². The summed E-state index contributed by atoms with van der Waals surface area (Å²) < 4.78 is 18.3. The lowest BCUT2D eigenvalue weighted by molar-refractivity contribution is -0.135. The number of halogens is 1. The standard InChI is InChI=1S/C14H20FNO3/c1-14(2,9-17)16(3)13(18)8-10-5-6-12(19-4)11(15)7-10/h5-7,17H,8-9H2,1-4H3. The summed E-state index contributed by atoms with van der Waals surface area (Å²) in [5.41, 5.74) is -0.0638. The third-order valence-electron chi connectivity index (χ3n) is 3.24. The van der Waals surface area contributed by atoms with E-state index in [0.717, 1.165) is 0 Å². The van der Waals surface area contributed by atoms with Crippen molar-refractivity contribution in [2.75, 3.05) is 20.8 Å². The van der Waals surface area contributed by atoms with Crippen molar-refractivity contribution in [2.45, 2.75) is 25.8 Å². The van der Waals surface area contributed by atoms with Crippen LogP contribution in [0.1, 0.15) is 19.4 Å². The quantitative estimate of drug-likeness (QED) is 0.883. The van der Waals surface area contributed by atoms with E-state index in [4.69, 9.17) is 4.74 Å². The van der Waals surface area contributed by atoms with E-state index in [9.17, 15) is 14.3 Å². The second kappa shape index (κ2) is 6.02. The monoisotopic (exact) mass is 269 g/mol. The Balaban J connectivity index is 2.80. The molecule has 0 aliphatic carbocycles. The Morgan fingerprint density at radius 1 is 1.47 bits per heavy atom. The van der Waals surface area contributed by atoms with E-state index >= 15 is 0 Å². The Morgan fingerprint density at radius 3 is 2.58 bits per heavy atom. The van der Waals surface area contributed by atoms with Gasteiger partial charge >= 0.3 is 0 Å². The molecule has 19 heavy (non-hydrogen) atoms. The lowest BCUT2D eigenvalue weighted by Crippen LogP contribution is -2.48. The van der Waals surface area contributed by atoms with Crippen LogP contribution < -0.4 is 4.74 Å². The molecule has 0 aliphatic rings. The molecule has 1 aromatic carbocycles. The molecule has 0 saturated heterocycles. The number of aliphatic hydroxyl groups is 1. The smallest absolute Gasteiger partial charge is 0.227 e. The first-order valence-corrected chi connectivity index (χ1v) is 6.01. The van der Waals surface area contributed by atoms with E-state index in [0.29, 0.717) is 5.56 Å². The van der Waals surface area contributed by atoms with Crippen LogP contribution in [0.3, 0.4) is 0 Å². The molecule has 0 atom stereocenters. The number of ether oxygens (including phenoxy) is 1. The zero-order valence-electron chi connectivity index (χ0n) is 11.7. The van der Waals surface area contributed by atoms with Crippen molar-refractivity contribution in [2.24, 2.45) is 0 Å². The summed E-state index contributed by atoms with van der Waals surface area (Å²) in [5, 5.41) is 9.22. The third-order valence-corrected chi connectivity index (χ3v) is 3.24. The van der Waals surface area contributed by atoms with E-state index in [2.05, 4.69) is 0 Å². The first-order valence-electron chi connectivity index (χ1n) is 6.01. The van der Waals surface area contributed by atoms with Crippen molar-refractivity contribution in [3.63, 3.8) is 0 Å². The maximum absolute atomic E-state index is 13.5. The molecule has 1 aromatic rings. The van der Waals surface area contributed by atoms with Crippen LogP contribution in [0.2, 0.25) is 0 Å². The van der Waals surface area contributed by atoms with E-state index in [1.807, 2.05) is 0 Å². The molecule has 106 valence electrons. The van der Waals surface area contributed by atoms with Crippen LogP contribution >= 0.6 is 0 Å². The van der Waals surface area contributed by atoms with Crippen LogP contribution in [0.4, 0.5) is 4.39 Å². The summed E-state index contributed by atoms with van der Waals surface area (Å²) in [5.74, 6) is -0.513. The fourth-order valence-corrected chi connectivity index (χ4v) is 1.56. The number of nitrogens with zero attached hydrogens (tertiary/aromatic N) is 1. The number of benzene rings is 1. The van der Waals surface area contributed by atoms with Gasteiger partial charge in [-0.2, -0.15) is 0 Å². The number of likely N-dealkylation sites (N-methyl/N-ethyl adjacent to an activating group) is 1. The predicted octanol–water partition coefficient (Wildman–Crippen LogP) is 1.61. The molecule has 4 nitrogen and oxygen atoms in total. The molecule has 1 N–H and O–H groups in total. The summed E-state index contributed by atoms with van der Waals surface area (Å²) in [6.45, 7) is 3.39. The van der Waals surface area contributed by atoms with Gasteiger partial charge in [0.2, 0.25) is 5.91 Å². The highest BCUT2D eigenvalue weighted by Gasteiger charge is 2.26. The van der Waals surface area contributed by atoms with Crippen molar-refractivity contribution in [1.29, 1.82) is 0 Å². The van der Waals surface area contributed by atoms with Crippen LogP contribution in [0, 0.1) is 5.82 Å². The molecule has 1 amide bonds. The summed E-state index contributed by atoms with van der Waals surface area (Å²) in [7, 11) is 3.01. The molecule has 0 radical (unpaired) electrons. The van der Waals surface area contributed by atoms with E-state index < -0.39 is 11.4 Å². The Hall–Kier alpha value is -1.62. The topological polar surface area (TPSA) is 49.8 Å². The number of carbonyl (C=O) groups is 1. The Kier molecular flexibility index (Phi) is 4.89. The minimum absolute atomic E-state index is 0.0842. The van der Waals surface area contributed by atoms with Crippen molar-refractivity contribution in [3.8, 4) is 5.75 Å². The predicted molar refractivity (Wildman–Crippen MR) is 70.6 cm³/mol. The highest BCUT2D eigenvalue weighted by atomic mass is 19.1. The highest BCUT2D eigenvalue weighted by Crippen LogP contribution is 2.19. The summed E-state index contributed by atoms with van der Waals surface area (Å²) in [4.78, 5) is 13.5. The number of amides is 1. The molecule has 0 heterocycles. The van der Waals surface area contributed by atoms with Gasteiger partial charge in [-0.25, -0.2) is 4.39 Å². The number of hydrogen-bond acceptors (Lipinski definition) is 3. The van der Waals surface area contributed by atoms with Gasteiger partial charge < -0.3 is 14.7 Å². The minimum atomic E-state index is -0.637. The lowest BCUT2D eigenvalue weighted by Gasteiger charge is -2.34. The van der Waals surface area contributed by atoms with Crippen molar-refractivity contribution in [1.82, 2.24) is 4.90 Å². The van der Waals surface area contributed by atoms with Gasteiger partial charge in [0.1, 0.15) is 0 Å². The molecule has 0 aliphatic heterocycles. The summed E-state index contributed by atoms with van der Waals surface area (Å²) in [6.07, 6.45) is 0.0842. The Labute approximate surface area is 112 Å². The van der Waals surface area contributed by atoms with Gasteiger partial charge in [-0.1, -0.05) is 6.07 Å². The molecule has 1 rings (SSSR count). The average molecular weight is 269 g/mol. The zero-order valence-corrected chi connectivity index (χ0v) is 11.7. The molecular formula is C14H20FNO3. The van der Waals surface area contributed by atoms with E-state index in [1.54, 1.807) is 27.0 Å². The average Bonchev–Trinajstić information content (AvgIpc) is 2.38. The molecular weight excluding hydrogens is 249 g/mol. The first-order chi connectivity index (χ1) is 8.81. The number of hydrogen-bond donors (Lipinski definition) is 1. The number of carbonyl (C=O) groups excluding carboxylic acids is 1. The first kappa shape index (κ1) is 15.4. The van der Waals surface area contributed by atoms with Gasteiger partial charge in [0.15, 0.2) is 11.6 Å². The zero-order chi connectivity index (χ0) is 14.6. The molecule has 0 saturated carbocycles. The van der Waals surface area contributed by atoms with Crippen LogP contribution in [0.15, 0.2) is 18.2 Å². The molecule has 0 unspecified atom stereocenters. The van der Waals surface area contributed by atoms with Crippen LogP contribution in [-0.4, -0.2) is 42.2 Å². The van der Waals surface area contributed by atoms with Gasteiger partial charge in [-0.05, 0) is 31.5 Å². The van der Waals surface area contributed by atoms with E-state index in [-0.39, 0.29) is 24.7 Å². The number of aliphatic hydroxyl groups excluding tert-OH is 1. The highest BCUT2D eigenvalue weighted by molar-refractivity contribution is 5.79. The van der Waals surface area contributed by atoms with Crippen molar-refractivity contribution < 1.29 is 19.0 Å². The van der Waals surface area contributed by atoms with Gasteiger partial charge in [0.05, 0.1) is 25.7 Å². The number of methoxy groups -OCH3 is 1. The second-order valence-corrected chi connectivity index (χ2v) is 5.07. The largest absolute Gasteiger partial charge is 0.494 e. The molecule has 0 bridgehead atoms. The van der Waals surface area contributed by atoms with E-state index in [1.165, 1.54) is 24.1 Å². The molecule has 5 heteroatoms. The van der Waals surface area contributed by atoms with Crippen LogP contribution in [0.25, 0.3) is 0 Å². The number of rotatable bonds is 5. The van der Waals surface area contributed by atoms with Gasteiger partial charge in [-0.3, -0.25) is 4.79 Å². The maximum atomic E-state index is 13.5. The normalized spacial score (nSPS) is 11.3. The fourth-order valence-electron chi connectivity index (χ4n) is 1.56. The lowest BCUT2D eigenvalue weighted by atomic mass is 10.0. The van der Waals surface area contributed by atoms with Crippen molar-refractivity contribution >= 4 is 5.91 Å². The molecule has 0 fully saturated rings. The van der Waals surface area contributed by atoms with Gasteiger partial charge in [0.25, 0.3) is 0 Å². The summed E-state index contributed by atoms with van der Waals surface area (Å²) >= 11 is 0. The third kappa shape index (κ3) is 3.67. The Bertz CT molecular complexity index is 460. The molecule has 0 spiro atoms. The van der Waals surface area contributed by atoms with Crippen molar-refractivity contribution in [3.05, 3.63) is 29.6 Å². The maximum Gasteiger partial charge on any atom is 0.227 e. The SMILES string of the molecule is COc1ccc(CC(=O)N(C)C(C)(C)CO)cc1F. The van der Waals surface area contributed by atoms with Crippen LogP contribution in [0.5, 0.6) is 5.75 Å². The molecule has 0 aromatic heterocycles. The van der Waals surface area contributed by atoms with Gasteiger partial charge in [-0.15, -0.1) is 0 Å².